The minimum Gasteiger partial charge on any atom is -0.440 e. The summed E-state index contributed by atoms with van der Waals surface area (Å²) in [4.78, 5) is 0. The molecule has 4 aromatic carbocycles. The van der Waals surface area contributed by atoms with Gasteiger partial charge in [0.25, 0.3) is 0 Å². The van der Waals surface area contributed by atoms with E-state index in [4.69, 9.17) is 20.9 Å². The standard InChI is InChI=1S/C30H20N4O2/c31-15-23-25(17-7-3-1-4-8-17)21-13-11-20-19(27(21)35-29(23)33)12-14-22-26(18-9-5-2-6-10-18)24(16-32)30(34)36-28(20)22/h1-14,25-26H,33-34H2. The molecule has 0 radical (unpaired) electrons. The van der Waals surface area contributed by atoms with Gasteiger partial charge in [-0.1, -0.05) is 84.9 Å². The molecule has 2 heterocycles. The van der Waals surface area contributed by atoms with Gasteiger partial charge in [-0.25, -0.2) is 0 Å². The minimum absolute atomic E-state index is 0.0818. The second-order valence-corrected chi connectivity index (χ2v) is 8.73. The Labute approximate surface area is 207 Å². The highest BCUT2D eigenvalue weighted by atomic mass is 16.5. The maximum absolute atomic E-state index is 9.87. The van der Waals surface area contributed by atoms with Crippen molar-refractivity contribution in [3.05, 3.63) is 130 Å². The molecule has 0 saturated carbocycles. The fraction of sp³-hybridized carbons (Fsp3) is 0.0667. The third kappa shape index (κ3) is 3.10. The number of ether oxygens (including phenoxy) is 2. The highest BCUT2D eigenvalue weighted by Crippen LogP contribution is 2.50. The number of nitrogens with zero attached hydrogens (tertiary/aromatic N) is 2. The van der Waals surface area contributed by atoms with Crippen molar-refractivity contribution in [2.45, 2.75) is 11.8 Å². The van der Waals surface area contributed by atoms with Crippen molar-refractivity contribution in [1.82, 2.24) is 0 Å². The summed E-state index contributed by atoms with van der Waals surface area (Å²) in [5.74, 6) is 0.613. The number of hydrogen-bond acceptors (Lipinski definition) is 6. The van der Waals surface area contributed by atoms with Crippen molar-refractivity contribution >= 4 is 10.8 Å². The van der Waals surface area contributed by atoms with E-state index in [9.17, 15) is 10.5 Å². The first-order valence-electron chi connectivity index (χ1n) is 11.5. The first-order valence-corrected chi connectivity index (χ1v) is 11.5. The van der Waals surface area contributed by atoms with Crippen molar-refractivity contribution < 1.29 is 9.47 Å². The van der Waals surface area contributed by atoms with Crippen molar-refractivity contribution in [1.29, 1.82) is 10.5 Å². The Kier molecular flexibility index (Phi) is 4.88. The number of hydrogen-bond donors (Lipinski definition) is 2. The second-order valence-electron chi connectivity index (χ2n) is 8.73. The Bertz CT molecular complexity index is 1550. The summed E-state index contributed by atoms with van der Waals surface area (Å²) in [7, 11) is 0. The number of fused-ring (bicyclic) bond motifs is 5. The van der Waals surface area contributed by atoms with Crippen LogP contribution in [0, 0.1) is 22.7 Å². The Morgan fingerprint density at radius 2 is 0.944 bits per heavy atom. The van der Waals surface area contributed by atoms with Crippen LogP contribution < -0.4 is 20.9 Å². The molecule has 0 aliphatic carbocycles. The lowest BCUT2D eigenvalue weighted by Crippen LogP contribution is -2.22. The molecule has 0 saturated heterocycles. The van der Waals surface area contributed by atoms with Crippen LogP contribution in [-0.4, -0.2) is 0 Å². The van der Waals surface area contributed by atoms with E-state index in [1.165, 1.54) is 0 Å². The van der Waals surface area contributed by atoms with Crippen molar-refractivity contribution in [2.24, 2.45) is 11.5 Å². The van der Waals surface area contributed by atoms with Gasteiger partial charge in [0.2, 0.25) is 11.8 Å². The molecular weight excluding hydrogens is 448 g/mol. The van der Waals surface area contributed by atoms with Crippen LogP contribution in [0.5, 0.6) is 11.5 Å². The summed E-state index contributed by atoms with van der Waals surface area (Å²) in [6.07, 6.45) is 0. The van der Waals surface area contributed by atoms with Crippen LogP contribution in [0.1, 0.15) is 34.1 Å². The van der Waals surface area contributed by atoms with Crippen LogP contribution in [0.3, 0.4) is 0 Å². The molecule has 0 aromatic heterocycles. The lowest BCUT2D eigenvalue weighted by atomic mass is 9.80. The molecule has 2 aliphatic rings. The van der Waals surface area contributed by atoms with E-state index in [-0.39, 0.29) is 23.6 Å². The Balaban J connectivity index is 1.59. The second kappa shape index (κ2) is 8.23. The van der Waals surface area contributed by atoms with E-state index in [1.807, 2.05) is 84.9 Å². The number of benzene rings is 4. The molecule has 6 rings (SSSR count). The average Bonchev–Trinajstić information content (AvgIpc) is 2.92. The van der Waals surface area contributed by atoms with Gasteiger partial charge < -0.3 is 20.9 Å². The molecule has 4 N–H and O–H groups in total. The molecule has 36 heavy (non-hydrogen) atoms. The van der Waals surface area contributed by atoms with Crippen LogP contribution in [0.15, 0.2) is 108 Å². The van der Waals surface area contributed by atoms with E-state index in [0.29, 0.717) is 22.6 Å². The molecule has 6 nitrogen and oxygen atoms in total. The zero-order chi connectivity index (χ0) is 24.8. The molecule has 0 spiro atoms. The van der Waals surface area contributed by atoms with E-state index in [0.717, 1.165) is 33.0 Å². The van der Waals surface area contributed by atoms with Crippen molar-refractivity contribution in [2.75, 3.05) is 0 Å². The van der Waals surface area contributed by atoms with Crippen molar-refractivity contribution in [3.63, 3.8) is 0 Å². The molecule has 172 valence electrons. The van der Waals surface area contributed by atoms with Gasteiger partial charge in [-0.15, -0.1) is 0 Å². The lowest BCUT2D eigenvalue weighted by molar-refractivity contribution is 0.393. The lowest BCUT2D eigenvalue weighted by Gasteiger charge is -2.30. The van der Waals surface area contributed by atoms with E-state index in [2.05, 4.69) is 12.1 Å². The van der Waals surface area contributed by atoms with Crippen LogP contribution in [0.2, 0.25) is 0 Å². The summed E-state index contributed by atoms with van der Waals surface area (Å²) in [5, 5.41) is 21.3. The third-order valence-electron chi connectivity index (χ3n) is 6.82. The quantitative estimate of drug-likeness (QED) is 0.413. The number of nitriles is 2. The van der Waals surface area contributed by atoms with E-state index in [1.54, 1.807) is 0 Å². The van der Waals surface area contributed by atoms with E-state index < -0.39 is 0 Å². The van der Waals surface area contributed by atoms with Crippen LogP contribution in [-0.2, 0) is 0 Å². The first kappa shape index (κ1) is 21.3. The topological polar surface area (TPSA) is 118 Å². The van der Waals surface area contributed by atoms with Gasteiger partial charge in [0.1, 0.15) is 34.8 Å². The van der Waals surface area contributed by atoms with Gasteiger partial charge in [0, 0.05) is 21.9 Å². The summed E-state index contributed by atoms with van der Waals surface area (Å²) in [6, 6.07) is 31.8. The molecule has 0 amide bonds. The van der Waals surface area contributed by atoms with Crippen LogP contribution >= 0.6 is 0 Å². The van der Waals surface area contributed by atoms with Crippen molar-refractivity contribution in [3.8, 4) is 23.6 Å². The predicted molar refractivity (Wildman–Crippen MR) is 135 cm³/mol. The first-order chi connectivity index (χ1) is 17.6. The smallest absolute Gasteiger partial charge is 0.205 e. The maximum Gasteiger partial charge on any atom is 0.205 e. The fourth-order valence-electron chi connectivity index (χ4n) is 5.21. The Morgan fingerprint density at radius 1 is 0.556 bits per heavy atom. The largest absolute Gasteiger partial charge is 0.440 e. The molecule has 6 heteroatoms. The van der Waals surface area contributed by atoms with Crippen LogP contribution in [0.4, 0.5) is 0 Å². The normalized spacial score (nSPS) is 18.4. The Morgan fingerprint density at radius 3 is 1.31 bits per heavy atom. The highest BCUT2D eigenvalue weighted by Gasteiger charge is 2.35. The number of allylic oxidation sites excluding steroid dienone is 2. The molecule has 2 atom stereocenters. The molecule has 2 unspecified atom stereocenters. The molecule has 4 aromatic rings. The number of rotatable bonds is 2. The summed E-state index contributed by atoms with van der Waals surface area (Å²) >= 11 is 0. The van der Waals surface area contributed by atoms with Crippen LogP contribution in [0.25, 0.3) is 10.8 Å². The van der Waals surface area contributed by atoms with Gasteiger partial charge in [-0.2, -0.15) is 10.5 Å². The monoisotopic (exact) mass is 468 g/mol. The zero-order valence-electron chi connectivity index (χ0n) is 19.1. The number of nitrogens with two attached hydrogens (primary N) is 2. The SMILES string of the molecule is N#CC1=C(N)Oc2c(ccc3c4c(ccc23)C(c2ccccc2)C(C#N)=C(N)O4)C1c1ccccc1. The molecule has 0 fully saturated rings. The molecule has 0 bridgehead atoms. The molecule has 2 aliphatic heterocycles. The van der Waals surface area contributed by atoms with E-state index >= 15 is 0 Å². The summed E-state index contributed by atoms with van der Waals surface area (Å²) in [6.45, 7) is 0. The van der Waals surface area contributed by atoms with Gasteiger partial charge in [0.15, 0.2) is 0 Å². The van der Waals surface area contributed by atoms with Gasteiger partial charge in [-0.05, 0) is 11.1 Å². The summed E-state index contributed by atoms with van der Waals surface area (Å²) in [5.41, 5.74) is 16.8. The molecular formula is C30H20N4O2. The third-order valence-corrected chi connectivity index (χ3v) is 6.82. The fourth-order valence-corrected chi connectivity index (χ4v) is 5.21. The van der Waals surface area contributed by atoms with Gasteiger partial charge in [-0.3, -0.25) is 0 Å². The minimum atomic E-state index is -0.353. The highest BCUT2D eigenvalue weighted by molar-refractivity contribution is 5.97. The Hall–Kier alpha value is -5.20. The summed E-state index contributed by atoms with van der Waals surface area (Å²) < 4.78 is 12.1. The van der Waals surface area contributed by atoms with Gasteiger partial charge in [0.05, 0.1) is 11.8 Å². The average molecular weight is 469 g/mol. The van der Waals surface area contributed by atoms with Gasteiger partial charge >= 0.3 is 0 Å². The zero-order valence-corrected chi connectivity index (χ0v) is 19.1. The maximum atomic E-state index is 9.87. The predicted octanol–water partition coefficient (Wildman–Crippen LogP) is 5.28.